The number of hydrogen-bond donors (Lipinski definition) is 0. The summed E-state index contributed by atoms with van der Waals surface area (Å²) in [7, 11) is 1.83. The molecule has 0 atom stereocenters. The van der Waals surface area contributed by atoms with Gasteiger partial charge in [0.05, 0.1) is 22.6 Å². The van der Waals surface area contributed by atoms with Gasteiger partial charge >= 0.3 is 0 Å². The van der Waals surface area contributed by atoms with Crippen molar-refractivity contribution in [2.24, 2.45) is 0 Å². The fraction of sp³-hybridized carbons (Fsp3) is 0.200. The Balaban J connectivity index is 2.44. The molecule has 18 heavy (non-hydrogen) atoms. The molecule has 0 saturated heterocycles. The highest BCUT2D eigenvalue weighted by Crippen LogP contribution is 2.33. The van der Waals surface area contributed by atoms with Crippen LogP contribution in [0, 0.1) is 20.2 Å². The molecule has 1 aliphatic heterocycles. The maximum absolute atomic E-state index is 11.0. The topological polar surface area (TPSA) is 92.8 Å². The van der Waals surface area contributed by atoms with Crippen molar-refractivity contribution in [3.8, 4) is 0 Å². The first-order chi connectivity index (χ1) is 8.49. The van der Waals surface area contributed by atoms with E-state index in [2.05, 4.69) is 0 Å². The Morgan fingerprint density at radius 3 is 2.39 bits per heavy atom. The smallest absolute Gasteiger partial charge is 0.299 e. The zero-order chi connectivity index (χ0) is 13.3. The van der Waals surface area contributed by atoms with E-state index in [0.29, 0.717) is 12.4 Å². The molecule has 0 aromatic heterocycles. The molecule has 8 nitrogen and oxygen atoms in total. The molecule has 0 spiro atoms. The number of hydrogen-bond acceptors (Lipinski definition) is 6. The summed E-state index contributed by atoms with van der Waals surface area (Å²) < 4.78 is 0. The van der Waals surface area contributed by atoms with Crippen molar-refractivity contribution in [2.75, 3.05) is 18.6 Å². The van der Waals surface area contributed by atoms with Gasteiger partial charge in [0.25, 0.3) is 11.4 Å². The van der Waals surface area contributed by atoms with E-state index in [0.717, 1.165) is 6.07 Å². The van der Waals surface area contributed by atoms with E-state index in [9.17, 15) is 20.2 Å². The molecule has 0 saturated carbocycles. The number of nitro benzene ring substituents is 2. The van der Waals surface area contributed by atoms with E-state index < -0.39 is 9.85 Å². The van der Waals surface area contributed by atoms with Gasteiger partial charge in [-0.25, -0.2) is 0 Å². The van der Waals surface area contributed by atoms with E-state index in [-0.39, 0.29) is 11.4 Å². The maximum atomic E-state index is 11.0. The number of non-ortho nitro benzene ring substituents is 1. The highest BCUT2D eigenvalue weighted by molar-refractivity contribution is 5.68. The van der Waals surface area contributed by atoms with Gasteiger partial charge in [0.2, 0.25) is 0 Å². The molecule has 0 unspecified atom stereocenters. The first-order valence-electron chi connectivity index (χ1n) is 5.07. The molecule has 0 N–H and O–H groups in total. The van der Waals surface area contributed by atoms with Crippen molar-refractivity contribution in [3.63, 3.8) is 0 Å². The third-order valence-corrected chi connectivity index (χ3v) is 2.55. The van der Waals surface area contributed by atoms with Gasteiger partial charge in [-0.3, -0.25) is 20.2 Å². The Bertz CT molecular complexity index is 543. The molecule has 94 valence electrons. The third-order valence-electron chi connectivity index (χ3n) is 2.55. The summed E-state index contributed by atoms with van der Waals surface area (Å²) in [4.78, 5) is 23.8. The fourth-order valence-electron chi connectivity index (χ4n) is 1.70. The van der Waals surface area contributed by atoms with Gasteiger partial charge < -0.3 is 9.80 Å². The first-order valence-corrected chi connectivity index (χ1v) is 5.07. The molecule has 0 amide bonds. The van der Waals surface area contributed by atoms with Crippen molar-refractivity contribution in [1.29, 1.82) is 0 Å². The van der Waals surface area contributed by atoms with E-state index in [1.54, 1.807) is 17.3 Å². The quantitative estimate of drug-likeness (QED) is 0.598. The Kier molecular flexibility index (Phi) is 2.84. The minimum Gasteiger partial charge on any atom is -0.361 e. The predicted molar refractivity (Wildman–Crippen MR) is 64.0 cm³/mol. The summed E-state index contributed by atoms with van der Waals surface area (Å²) in [5, 5.41) is 21.6. The lowest BCUT2D eigenvalue weighted by Crippen LogP contribution is -2.22. The van der Waals surface area contributed by atoms with Crippen LogP contribution in [-0.4, -0.2) is 28.5 Å². The van der Waals surface area contributed by atoms with Crippen LogP contribution in [0.5, 0.6) is 0 Å². The zero-order valence-electron chi connectivity index (χ0n) is 9.52. The van der Waals surface area contributed by atoms with Crippen LogP contribution >= 0.6 is 0 Å². The summed E-state index contributed by atoms with van der Waals surface area (Å²) in [6, 6.07) is 3.62. The summed E-state index contributed by atoms with van der Waals surface area (Å²) >= 11 is 0. The fourth-order valence-corrected chi connectivity index (χ4v) is 1.70. The van der Waals surface area contributed by atoms with Crippen molar-refractivity contribution in [2.45, 2.75) is 0 Å². The van der Waals surface area contributed by atoms with Gasteiger partial charge in [-0.1, -0.05) is 0 Å². The van der Waals surface area contributed by atoms with Crippen LogP contribution in [0.2, 0.25) is 0 Å². The van der Waals surface area contributed by atoms with Gasteiger partial charge in [-0.15, -0.1) is 0 Å². The second kappa shape index (κ2) is 4.32. The van der Waals surface area contributed by atoms with Crippen molar-refractivity contribution < 1.29 is 9.85 Å². The first kappa shape index (κ1) is 11.8. The van der Waals surface area contributed by atoms with Gasteiger partial charge in [0, 0.05) is 25.5 Å². The van der Waals surface area contributed by atoms with Crippen LogP contribution in [-0.2, 0) is 0 Å². The van der Waals surface area contributed by atoms with Crippen LogP contribution in [0.15, 0.2) is 30.6 Å². The van der Waals surface area contributed by atoms with Crippen LogP contribution < -0.4 is 4.90 Å². The summed E-state index contributed by atoms with van der Waals surface area (Å²) in [5.74, 6) is 0. The van der Waals surface area contributed by atoms with Gasteiger partial charge in [0.1, 0.15) is 5.69 Å². The molecule has 0 bridgehead atoms. The molecular formula is C10H10N4O4. The molecule has 0 fully saturated rings. The highest BCUT2D eigenvalue weighted by Gasteiger charge is 2.24. The molecule has 0 radical (unpaired) electrons. The second-order valence-corrected chi connectivity index (χ2v) is 3.85. The highest BCUT2D eigenvalue weighted by atomic mass is 16.6. The van der Waals surface area contributed by atoms with Crippen LogP contribution in [0.25, 0.3) is 0 Å². The molecular weight excluding hydrogens is 240 g/mol. The monoisotopic (exact) mass is 250 g/mol. The average molecular weight is 250 g/mol. The molecule has 0 aliphatic carbocycles. The van der Waals surface area contributed by atoms with Crippen molar-refractivity contribution in [3.05, 3.63) is 50.8 Å². The maximum Gasteiger partial charge on any atom is 0.299 e. The van der Waals surface area contributed by atoms with E-state index >= 15 is 0 Å². The molecule has 1 aliphatic rings. The molecule has 1 aromatic carbocycles. The number of rotatable bonds is 3. The normalized spacial score (nSPS) is 14.1. The van der Waals surface area contributed by atoms with Crippen molar-refractivity contribution in [1.82, 2.24) is 4.90 Å². The Morgan fingerprint density at radius 2 is 1.89 bits per heavy atom. The van der Waals surface area contributed by atoms with Crippen LogP contribution in [0.4, 0.5) is 17.1 Å². The lowest BCUT2D eigenvalue weighted by atomic mass is 10.2. The molecule has 2 rings (SSSR count). The zero-order valence-corrected chi connectivity index (χ0v) is 9.52. The van der Waals surface area contributed by atoms with Crippen LogP contribution in [0.1, 0.15) is 0 Å². The number of nitro groups is 2. The lowest BCUT2D eigenvalue weighted by Gasteiger charge is -2.17. The Hall–Kier alpha value is -2.64. The number of benzene rings is 1. The summed E-state index contributed by atoms with van der Waals surface area (Å²) in [6.45, 7) is 0.471. The Morgan fingerprint density at radius 1 is 1.17 bits per heavy atom. The van der Waals surface area contributed by atoms with Crippen LogP contribution in [0.3, 0.4) is 0 Å². The average Bonchev–Trinajstić information content (AvgIpc) is 2.74. The summed E-state index contributed by atoms with van der Waals surface area (Å²) in [6.07, 6.45) is 3.46. The molecule has 1 heterocycles. The van der Waals surface area contributed by atoms with Crippen molar-refractivity contribution >= 4 is 17.1 Å². The predicted octanol–water partition coefficient (Wildman–Crippen LogP) is 1.68. The largest absolute Gasteiger partial charge is 0.361 e. The third kappa shape index (κ3) is 2.08. The summed E-state index contributed by atoms with van der Waals surface area (Å²) in [5.41, 5.74) is -0.225. The number of anilines is 1. The van der Waals surface area contributed by atoms with Gasteiger partial charge in [-0.2, -0.15) is 0 Å². The van der Waals surface area contributed by atoms with Gasteiger partial charge in [-0.05, 0) is 6.07 Å². The van der Waals surface area contributed by atoms with E-state index in [4.69, 9.17) is 0 Å². The Labute approximate surface area is 102 Å². The van der Waals surface area contributed by atoms with E-state index in [1.165, 1.54) is 12.1 Å². The lowest BCUT2D eigenvalue weighted by molar-refractivity contribution is -0.393. The minimum atomic E-state index is -0.650. The second-order valence-electron chi connectivity index (χ2n) is 3.85. The standard InChI is InChI=1S/C10H10N4O4/c1-11-4-5-12(7-11)9-3-2-8(13(15)16)6-10(9)14(17)18/h2-6H,7H2,1H3. The number of nitrogens with zero attached hydrogens (tertiary/aromatic N) is 4. The van der Waals surface area contributed by atoms with Gasteiger partial charge in [0.15, 0.2) is 0 Å². The molecule has 1 aromatic rings. The minimum absolute atomic E-state index is 0.274. The van der Waals surface area contributed by atoms with E-state index in [1.807, 2.05) is 11.9 Å². The SMILES string of the molecule is CN1C=CN(c2ccc([N+](=O)[O-])cc2[N+](=O)[O-])C1. The molecule has 8 heteroatoms.